The van der Waals surface area contributed by atoms with Crippen LogP contribution in [-0.2, 0) is 0 Å². The molecule has 0 saturated carbocycles. The Morgan fingerprint density at radius 1 is 0.848 bits per heavy atom. The first-order chi connectivity index (χ1) is 16.2. The number of hydrazone groups is 1. The van der Waals surface area contributed by atoms with Crippen molar-refractivity contribution in [3.05, 3.63) is 101 Å². The smallest absolute Gasteiger partial charge is 0.283 e. The number of nitrogen functional groups attached to an aromatic ring is 1. The minimum Gasteiger partial charge on any atom is -0.397 e. The van der Waals surface area contributed by atoms with Crippen molar-refractivity contribution < 1.29 is 4.79 Å². The van der Waals surface area contributed by atoms with Crippen LogP contribution in [0.4, 0.5) is 5.69 Å². The first kappa shape index (κ1) is 20.5. The average Bonchev–Trinajstić information content (AvgIpc) is 3.21. The minimum absolute atomic E-state index is 0.354. The second-order valence-corrected chi connectivity index (χ2v) is 8.29. The third-order valence-electron chi connectivity index (χ3n) is 5.15. The maximum absolute atomic E-state index is 12.9. The van der Waals surface area contributed by atoms with Crippen molar-refractivity contribution in [3.8, 4) is 22.4 Å². The fraction of sp³-hybridized carbons (Fsp3) is 0. The Morgan fingerprint density at radius 3 is 2.12 bits per heavy atom. The zero-order chi connectivity index (χ0) is 22.6. The number of nitrogens with zero attached hydrogens (tertiary/aromatic N) is 3. The molecule has 160 valence electrons. The molecule has 1 amide bonds. The monoisotopic (exact) mass is 449 g/mol. The van der Waals surface area contributed by atoms with Gasteiger partial charge in [0.25, 0.3) is 5.91 Å². The molecule has 0 bridgehead atoms. The van der Waals surface area contributed by atoms with Crippen molar-refractivity contribution in [1.29, 1.82) is 0 Å². The van der Waals surface area contributed by atoms with Gasteiger partial charge in [0.2, 0.25) is 0 Å². The van der Waals surface area contributed by atoms with Crippen molar-refractivity contribution in [1.82, 2.24) is 15.6 Å². The summed E-state index contributed by atoms with van der Waals surface area (Å²) in [6.07, 6.45) is 1.59. The zero-order valence-corrected chi connectivity index (χ0v) is 18.3. The maximum Gasteiger partial charge on any atom is 0.283 e. The number of amides is 1. The summed E-state index contributed by atoms with van der Waals surface area (Å²) in [5, 5.41) is 13.7. The van der Waals surface area contributed by atoms with Gasteiger partial charge in [-0.25, -0.2) is 5.43 Å². The minimum atomic E-state index is -0.386. The van der Waals surface area contributed by atoms with E-state index < -0.39 is 0 Å². The molecule has 7 heteroatoms. The number of benzene rings is 3. The van der Waals surface area contributed by atoms with E-state index in [0.29, 0.717) is 21.1 Å². The summed E-state index contributed by atoms with van der Waals surface area (Å²) in [4.78, 5) is 13.8. The lowest BCUT2D eigenvalue weighted by atomic mass is 9.96. The highest BCUT2D eigenvalue weighted by molar-refractivity contribution is 7.21. The molecular formula is C26H19N5OS. The lowest BCUT2D eigenvalue weighted by Crippen LogP contribution is -2.17. The molecule has 6 nitrogen and oxygen atoms in total. The Hall–Kier alpha value is -4.36. The fourth-order valence-electron chi connectivity index (χ4n) is 3.62. The predicted molar refractivity (Wildman–Crippen MR) is 134 cm³/mol. The van der Waals surface area contributed by atoms with E-state index in [1.807, 2.05) is 91.0 Å². The number of nitrogens with two attached hydrogens (primary N) is 1. The van der Waals surface area contributed by atoms with Gasteiger partial charge in [-0.2, -0.15) is 5.10 Å². The van der Waals surface area contributed by atoms with Crippen LogP contribution in [-0.4, -0.2) is 22.3 Å². The van der Waals surface area contributed by atoms with Gasteiger partial charge in [-0.1, -0.05) is 91.0 Å². The van der Waals surface area contributed by atoms with Gasteiger partial charge in [0, 0.05) is 16.5 Å². The van der Waals surface area contributed by atoms with Crippen LogP contribution in [0.25, 0.3) is 32.6 Å². The molecule has 0 aliphatic rings. The molecule has 0 saturated heterocycles. The summed E-state index contributed by atoms with van der Waals surface area (Å²) in [5.41, 5.74) is 13.8. The summed E-state index contributed by atoms with van der Waals surface area (Å²) in [5.74, 6) is -0.386. The number of anilines is 1. The van der Waals surface area contributed by atoms with Crippen LogP contribution in [0.1, 0.15) is 15.2 Å². The molecule has 3 N–H and O–H groups in total. The first-order valence-electron chi connectivity index (χ1n) is 10.3. The van der Waals surface area contributed by atoms with Crippen LogP contribution in [0, 0.1) is 0 Å². The predicted octanol–water partition coefficient (Wildman–Crippen LogP) is 5.37. The van der Waals surface area contributed by atoms with Crippen LogP contribution >= 0.6 is 11.3 Å². The number of rotatable bonds is 5. The maximum atomic E-state index is 12.9. The Kier molecular flexibility index (Phi) is 5.61. The summed E-state index contributed by atoms with van der Waals surface area (Å²) in [6, 6.07) is 29.2. The Bertz CT molecular complexity index is 1450. The second kappa shape index (κ2) is 9.02. The zero-order valence-electron chi connectivity index (χ0n) is 17.5. The molecule has 0 spiro atoms. The van der Waals surface area contributed by atoms with Crippen molar-refractivity contribution in [2.75, 3.05) is 5.73 Å². The summed E-state index contributed by atoms with van der Waals surface area (Å²) >= 11 is 1.21. The lowest BCUT2D eigenvalue weighted by Gasteiger charge is -2.11. The largest absolute Gasteiger partial charge is 0.397 e. The van der Waals surface area contributed by atoms with Crippen LogP contribution in [0.5, 0.6) is 0 Å². The third kappa shape index (κ3) is 4.09. The molecule has 2 heterocycles. The van der Waals surface area contributed by atoms with E-state index in [0.717, 1.165) is 27.6 Å². The molecular weight excluding hydrogens is 430 g/mol. The molecule has 2 aromatic heterocycles. The van der Waals surface area contributed by atoms with E-state index in [2.05, 4.69) is 20.7 Å². The average molecular weight is 450 g/mol. The van der Waals surface area contributed by atoms with Crippen molar-refractivity contribution in [2.45, 2.75) is 0 Å². The second-order valence-electron chi connectivity index (χ2n) is 7.29. The first-order valence-corrected chi connectivity index (χ1v) is 11.1. The van der Waals surface area contributed by atoms with Crippen molar-refractivity contribution in [3.63, 3.8) is 0 Å². The van der Waals surface area contributed by atoms with Gasteiger partial charge in [0.05, 0.1) is 11.9 Å². The van der Waals surface area contributed by atoms with E-state index in [-0.39, 0.29) is 5.91 Å². The normalized spacial score (nSPS) is 11.2. The highest BCUT2D eigenvalue weighted by Gasteiger charge is 2.23. The number of hydrogen-bond donors (Lipinski definition) is 2. The number of aromatic nitrogens is 2. The number of nitrogens with one attached hydrogen (secondary N) is 1. The molecule has 0 aliphatic carbocycles. The summed E-state index contributed by atoms with van der Waals surface area (Å²) in [6.45, 7) is 0. The molecule has 3 aromatic carbocycles. The van der Waals surface area contributed by atoms with Gasteiger partial charge in [-0.15, -0.1) is 21.5 Å². The van der Waals surface area contributed by atoms with Gasteiger partial charge >= 0.3 is 0 Å². The number of carbonyl (C=O) groups excluding carboxylic acids is 1. The highest BCUT2D eigenvalue weighted by atomic mass is 32.1. The van der Waals surface area contributed by atoms with Crippen molar-refractivity contribution >= 4 is 39.4 Å². The van der Waals surface area contributed by atoms with Crippen LogP contribution < -0.4 is 11.2 Å². The van der Waals surface area contributed by atoms with Crippen LogP contribution in [0.2, 0.25) is 0 Å². The van der Waals surface area contributed by atoms with E-state index >= 15 is 0 Å². The Labute approximate surface area is 194 Å². The number of hydrogen-bond acceptors (Lipinski definition) is 6. The van der Waals surface area contributed by atoms with E-state index in [1.165, 1.54) is 11.3 Å². The molecule has 5 rings (SSSR count). The van der Waals surface area contributed by atoms with Gasteiger partial charge in [-0.3, -0.25) is 4.79 Å². The summed E-state index contributed by atoms with van der Waals surface area (Å²) < 4.78 is 0. The van der Waals surface area contributed by atoms with Gasteiger partial charge < -0.3 is 5.73 Å². The van der Waals surface area contributed by atoms with Crippen LogP contribution in [0.3, 0.4) is 0 Å². The fourth-order valence-corrected chi connectivity index (χ4v) is 4.55. The van der Waals surface area contributed by atoms with Crippen molar-refractivity contribution in [2.24, 2.45) is 5.10 Å². The lowest BCUT2D eigenvalue weighted by molar-refractivity contribution is 0.0960. The molecule has 33 heavy (non-hydrogen) atoms. The number of thiophene rings is 1. The standard InChI is InChI=1S/C26H19N5OS/c27-22-21-20(18-12-6-2-7-13-18)23(19-14-8-3-9-15-19)29-31-26(21)33-24(22)25(32)30-28-16-17-10-4-1-5-11-17/h1-16H,27H2,(H,30,32)/b28-16-. The van der Waals surface area contributed by atoms with E-state index in [9.17, 15) is 4.79 Å². The molecule has 0 radical (unpaired) electrons. The van der Waals surface area contributed by atoms with Gasteiger partial charge in [0.1, 0.15) is 15.4 Å². The summed E-state index contributed by atoms with van der Waals surface area (Å²) in [7, 11) is 0. The SMILES string of the molecule is Nc1c(C(=O)N/N=C\c2ccccc2)sc2nnc(-c3ccccc3)c(-c3ccccc3)c12. The topological polar surface area (TPSA) is 93.3 Å². The Balaban J connectivity index is 1.60. The quantitative estimate of drug-likeness (QED) is 0.279. The molecule has 0 fully saturated rings. The van der Waals surface area contributed by atoms with E-state index in [1.54, 1.807) is 6.21 Å². The van der Waals surface area contributed by atoms with Gasteiger partial charge in [0.15, 0.2) is 0 Å². The van der Waals surface area contributed by atoms with Gasteiger partial charge in [-0.05, 0) is 11.1 Å². The third-order valence-corrected chi connectivity index (χ3v) is 6.24. The van der Waals surface area contributed by atoms with Crippen LogP contribution in [0.15, 0.2) is 96.1 Å². The molecule has 0 aliphatic heterocycles. The molecule has 5 aromatic rings. The van der Waals surface area contributed by atoms with E-state index in [4.69, 9.17) is 5.73 Å². The number of carbonyl (C=O) groups is 1. The highest BCUT2D eigenvalue weighted by Crippen LogP contribution is 2.42. The molecule has 0 unspecified atom stereocenters. The number of fused-ring (bicyclic) bond motifs is 1. The molecule has 0 atom stereocenters. The Morgan fingerprint density at radius 2 is 1.45 bits per heavy atom.